The maximum Gasteiger partial charge on any atom is 0.214 e. The van der Waals surface area contributed by atoms with Gasteiger partial charge in [-0.15, -0.1) is 0 Å². The lowest BCUT2D eigenvalue weighted by Crippen LogP contribution is -3.00. The van der Waals surface area contributed by atoms with E-state index in [-0.39, 0.29) is 34.0 Å². The normalized spacial score (nSPS) is 10.2. The van der Waals surface area contributed by atoms with Crippen molar-refractivity contribution in [2.45, 2.75) is 0 Å². The molecular weight excluding hydrogens is 742 g/mol. The van der Waals surface area contributed by atoms with E-state index < -0.39 is 0 Å². The molecule has 0 aliphatic rings. The molecule has 10 heteroatoms. The number of halogens is 6. The fraction of sp³-hybridized carbons (Fsp3) is 0.0625. The zero-order chi connectivity index (χ0) is 28.2. The molecule has 2 N–H and O–H groups in total. The molecule has 6 rings (SSSR count). The molecule has 2 heterocycles. The van der Waals surface area contributed by atoms with Gasteiger partial charge in [-0.05, 0) is 72.8 Å². The molecule has 0 spiro atoms. The second-order valence-electron chi connectivity index (χ2n) is 9.18. The number of aromatic nitrogens is 2. The van der Waals surface area contributed by atoms with E-state index >= 15 is 0 Å². The first-order valence-corrected chi connectivity index (χ1v) is 14.0. The molecule has 42 heavy (non-hydrogen) atoms. The molecule has 0 aliphatic carbocycles. The van der Waals surface area contributed by atoms with Crippen LogP contribution in [0.5, 0.6) is 0 Å². The van der Waals surface area contributed by atoms with Crippen LogP contribution in [0, 0.1) is 0 Å². The van der Waals surface area contributed by atoms with Crippen LogP contribution in [-0.4, -0.2) is 14.1 Å². The van der Waals surface area contributed by atoms with Crippen molar-refractivity contribution in [3.05, 3.63) is 130 Å². The Labute approximate surface area is 286 Å². The number of aromatic amines is 2. The molecule has 0 atom stereocenters. The molecule has 0 unspecified atom stereocenters. The molecule has 0 radical (unpaired) electrons. The first kappa shape index (κ1) is 33.9. The lowest BCUT2D eigenvalue weighted by atomic mass is 10.1. The predicted molar refractivity (Wildman–Crippen MR) is 170 cm³/mol. The summed E-state index contributed by atoms with van der Waals surface area (Å²) in [7, 11) is 4.07. The zero-order valence-corrected chi connectivity index (χ0v) is 28.8. The second-order valence-corrected chi connectivity index (χ2v) is 10.9. The van der Waals surface area contributed by atoms with Gasteiger partial charge in [-0.1, -0.05) is 46.4 Å². The van der Waals surface area contributed by atoms with Crippen molar-refractivity contribution < 1.29 is 43.9 Å². The van der Waals surface area contributed by atoms with Gasteiger partial charge in [0.05, 0.1) is 22.1 Å². The molecule has 6 aromatic rings. The molecule has 0 amide bonds. The number of rotatable bonds is 4. The van der Waals surface area contributed by atoms with Crippen molar-refractivity contribution >= 4 is 91.0 Å². The molecule has 2 aromatic heterocycles. The predicted octanol–water partition coefficient (Wildman–Crippen LogP) is 3.47. The van der Waals surface area contributed by atoms with Gasteiger partial charge in [0, 0.05) is 69.8 Å². The van der Waals surface area contributed by atoms with E-state index in [4.69, 9.17) is 46.4 Å². The minimum absolute atomic E-state index is 0. The first-order chi connectivity index (χ1) is 19.3. The summed E-state index contributed by atoms with van der Waals surface area (Å²) >= 11 is 23.9. The summed E-state index contributed by atoms with van der Waals surface area (Å²) in [5.41, 5.74) is 6.40. The maximum atomic E-state index is 6.04. The van der Waals surface area contributed by atoms with Gasteiger partial charge in [-0.3, -0.25) is 0 Å². The van der Waals surface area contributed by atoms with Gasteiger partial charge in [0.1, 0.15) is 0 Å². The summed E-state index contributed by atoms with van der Waals surface area (Å²) in [5.74, 6) is 0. The number of nitrogens with one attached hydrogen (secondary N) is 2. The van der Waals surface area contributed by atoms with Crippen molar-refractivity contribution in [1.29, 1.82) is 0 Å². The summed E-state index contributed by atoms with van der Waals surface area (Å²) in [6, 6.07) is 31.4. The van der Waals surface area contributed by atoms with Crippen molar-refractivity contribution in [2.75, 3.05) is 23.9 Å². The molecule has 0 fully saturated rings. The van der Waals surface area contributed by atoms with Gasteiger partial charge in [-0.2, -0.15) is 0 Å². The van der Waals surface area contributed by atoms with E-state index in [2.05, 4.69) is 19.8 Å². The third kappa shape index (κ3) is 7.87. The van der Waals surface area contributed by atoms with E-state index in [1.807, 2.05) is 124 Å². The molecule has 0 saturated carbocycles. The lowest BCUT2D eigenvalue weighted by Gasteiger charge is -2.20. The summed E-state index contributed by atoms with van der Waals surface area (Å²) < 4.78 is 0. The minimum Gasteiger partial charge on any atom is -1.00 e. The van der Waals surface area contributed by atoms with Crippen LogP contribution >= 0.6 is 46.4 Å². The Morgan fingerprint density at radius 2 is 0.786 bits per heavy atom. The first-order valence-electron chi connectivity index (χ1n) is 12.5. The van der Waals surface area contributed by atoms with E-state index in [0.29, 0.717) is 0 Å². The van der Waals surface area contributed by atoms with Crippen LogP contribution in [0.2, 0.25) is 20.1 Å². The van der Waals surface area contributed by atoms with Crippen LogP contribution in [0.1, 0.15) is 0 Å². The Hall–Kier alpha value is -2.58. The second kappa shape index (κ2) is 15.2. The Bertz CT molecular complexity index is 1650. The monoisotopic (exact) mass is 764 g/mol. The SMILES string of the molecule is CN(c1ccc(Cl)cc1)c1cc[nH+]c2cc(Cl)ccc12.CN(c1ccc(Cl)cc1)c1cc[nH+]c2cc(Cl)ccc12.[Br-].[Br-]. The molecule has 4 nitrogen and oxygen atoms in total. The largest absolute Gasteiger partial charge is 1.00 e. The van der Waals surface area contributed by atoms with Crippen LogP contribution in [0.3, 0.4) is 0 Å². The lowest BCUT2D eigenvalue weighted by molar-refractivity contribution is -0.344. The fourth-order valence-corrected chi connectivity index (χ4v) is 5.11. The number of anilines is 4. The van der Waals surface area contributed by atoms with Crippen LogP contribution in [0.4, 0.5) is 22.7 Å². The maximum absolute atomic E-state index is 6.04. The zero-order valence-electron chi connectivity index (χ0n) is 22.6. The Morgan fingerprint density at radius 1 is 0.452 bits per heavy atom. The van der Waals surface area contributed by atoms with Gasteiger partial charge in [0.2, 0.25) is 11.0 Å². The number of pyridine rings is 2. The quantitative estimate of drug-likeness (QED) is 0.276. The smallest absolute Gasteiger partial charge is 0.214 e. The average Bonchev–Trinajstić information content (AvgIpc) is 2.96. The Kier molecular flexibility index (Phi) is 12.3. The number of hydrogen-bond donors (Lipinski definition) is 0. The Morgan fingerprint density at radius 3 is 1.14 bits per heavy atom. The number of H-pyrrole nitrogens is 2. The number of hydrogen-bond acceptors (Lipinski definition) is 2. The Balaban J connectivity index is 0.000000220. The van der Waals surface area contributed by atoms with E-state index in [1.165, 1.54) is 0 Å². The van der Waals surface area contributed by atoms with Gasteiger partial charge < -0.3 is 43.8 Å². The minimum atomic E-state index is 0. The summed E-state index contributed by atoms with van der Waals surface area (Å²) in [5, 5.41) is 5.16. The number of benzene rings is 4. The molecule has 0 saturated heterocycles. The van der Waals surface area contributed by atoms with Gasteiger partial charge in [-0.25, -0.2) is 9.97 Å². The van der Waals surface area contributed by atoms with Gasteiger partial charge >= 0.3 is 0 Å². The number of nitrogens with zero attached hydrogens (tertiary/aromatic N) is 2. The van der Waals surface area contributed by atoms with E-state index in [9.17, 15) is 0 Å². The van der Waals surface area contributed by atoms with Crippen molar-refractivity contribution in [2.24, 2.45) is 0 Å². The molecule has 0 bridgehead atoms. The molecular formula is C32H26Br2Cl4N4. The molecule has 0 aliphatic heterocycles. The van der Waals surface area contributed by atoms with E-state index in [0.717, 1.165) is 64.6 Å². The molecule has 216 valence electrons. The third-order valence-corrected chi connectivity index (χ3v) is 7.60. The van der Waals surface area contributed by atoms with Crippen molar-refractivity contribution in [1.82, 2.24) is 0 Å². The topological polar surface area (TPSA) is 34.8 Å². The highest BCUT2D eigenvalue weighted by molar-refractivity contribution is 6.32. The number of fused-ring (bicyclic) bond motifs is 2. The van der Waals surface area contributed by atoms with Crippen LogP contribution < -0.4 is 53.7 Å². The van der Waals surface area contributed by atoms with Gasteiger partial charge in [0.25, 0.3) is 0 Å². The van der Waals surface area contributed by atoms with Crippen molar-refractivity contribution in [3.63, 3.8) is 0 Å². The van der Waals surface area contributed by atoms with Crippen molar-refractivity contribution in [3.8, 4) is 0 Å². The highest BCUT2D eigenvalue weighted by atomic mass is 79.9. The summed E-state index contributed by atoms with van der Waals surface area (Å²) in [6.45, 7) is 0. The third-order valence-electron chi connectivity index (χ3n) is 6.63. The average molecular weight is 768 g/mol. The van der Waals surface area contributed by atoms with Crippen LogP contribution in [0.15, 0.2) is 109 Å². The standard InChI is InChI=1S/2C16H12Cl2N2.2BrH/c2*1-20(13-5-2-11(17)3-6-13)16-8-9-19-15-10-12(18)4-7-14(15)16;;/h2*2-10H,1H3;2*1H. The summed E-state index contributed by atoms with van der Waals surface area (Å²) in [6.07, 6.45) is 3.83. The highest BCUT2D eigenvalue weighted by Gasteiger charge is 2.13. The van der Waals surface area contributed by atoms with Gasteiger partial charge in [0.15, 0.2) is 12.4 Å². The van der Waals surface area contributed by atoms with E-state index in [1.54, 1.807) is 0 Å². The fourth-order valence-electron chi connectivity index (χ4n) is 4.51. The summed E-state index contributed by atoms with van der Waals surface area (Å²) in [4.78, 5) is 10.7. The van der Waals surface area contributed by atoms with Crippen LogP contribution in [0.25, 0.3) is 21.8 Å². The highest BCUT2D eigenvalue weighted by Crippen LogP contribution is 2.32. The molecule has 4 aromatic carbocycles. The van der Waals surface area contributed by atoms with Crippen LogP contribution in [-0.2, 0) is 0 Å².